The number of hydrogen-bond acceptors (Lipinski definition) is 7. The van der Waals surface area contributed by atoms with Crippen molar-refractivity contribution < 1.29 is 14.3 Å². The summed E-state index contributed by atoms with van der Waals surface area (Å²) < 4.78 is 5.44. The number of nitrogens with zero attached hydrogens (tertiary/aromatic N) is 3. The molecule has 0 radical (unpaired) electrons. The fourth-order valence-corrected chi connectivity index (χ4v) is 5.02. The molecule has 2 amide bonds. The van der Waals surface area contributed by atoms with E-state index in [9.17, 15) is 14.4 Å². The Hall–Kier alpha value is -3.76. The van der Waals surface area contributed by atoms with E-state index in [4.69, 9.17) is 10.5 Å². The number of rotatable bonds is 6. The van der Waals surface area contributed by atoms with Gasteiger partial charge in [-0.3, -0.25) is 19.3 Å². The second-order valence-corrected chi connectivity index (χ2v) is 9.39. The summed E-state index contributed by atoms with van der Waals surface area (Å²) in [6.07, 6.45) is 3.21. The van der Waals surface area contributed by atoms with Crippen molar-refractivity contribution in [3.63, 3.8) is 0 Å². The molecule has 2 aliphatic heterocycles. The maximum absolute atomic E-state index is 13.6. The first-order chi connectivity index (χ1) is 17.4. The van der Waals surface area contributed by atoms with Gasteiger partial charge in [0.15, 0.2) is 0 Å². The number of nitrogens with two attached hydrogens (primary N) is 1. The number of carbonyl (C=O) groups excluding carboxylic acids is 2. The predicted molar refractivity (Wildman–Crippen MR) is 137 cm³/mol. The van der Waals surface area contributed by atoms with Crippen molar-refractivity contribution in [2.24, 2.45) is 5.73 Å². The molecule has 1 unspecified atom stereocenters. The van der Waals surface area contributed by atoms with Crippen LogP contribution in [0.4, 0.5) is 11.5 Å². The number of pyridine rings is 2. The van der Waals surface area contributed by atoms with E-state index < -0.39 is 11.9 Å². The standard InChI is InChI=1S/C26H30N6O4/c1-16-11-23(33)30-21-5-4-18(13-19(16)21)29-26(35)20-12-17(15-31-7-9-36-10-8-31)14-28-25(20)32-6-2-3-22(32)24(27)34/h4-5,11-14,22H,2-3,6-10,15H2,1H3,(H2,27,34)(H,29,35)(H,30,33). The van der Waals surface area contributed by atoms with Gasteiger partial charge >= 0.3 is 0 Å². The summed E-state index contributed by atoms with van der Waals surface area (Å²) in [5.41, 5.74) is 8.91. The lowest BCUT2D eigenvalue weighted by Gasteiger charge is -2.28. The second-order valence-electron chi connectivity index (χ2n) is 9.39. The number of fused-ring (bicyclic) bond motifs is 1. The Morgan fingerprint density at radius 2 is 2.00 bits per heavy atom. The second kappa shape index (κ2) is 10.1. The molecule has 0 aliphatic carbocycles. The van der Waals surface area contributed by atoms with E-state index in [0.29, 0.717) is 55.3 Å². The van der Waals surface area contributed by atoms with Crippen molar-refractivity contribution >= 4 is 34.2 Å². The average Bonchev–Trinajstić information content (AvgIpc) is 3.35. The Kier molecular flexibility index (Phi) is 6.71. The number of H-pyrrole nitrogens is 1. The van der Waals surface area contributed by atoms with Gasteiger partial charge in [0.2, 0.25) is 11.5 Å². The Balaban J connectivity index is 1.48. The van der Waals surface area contributed by atoms with E-state index in [1.165, 1.54) is 6.07 Å². The summed E-state index contributed by atoms with van der Waals surface area (Å²) in [5.74, 6) is -0.282. The highest BCUT2D eigenvalue weighted by Crippen LogP contribution is 2.29. The zero-order valence-electron chi connectivity index (χ0n) is 20.3. The van der Waals surface area contributed by atoms with Gasteiger partial charge in [-0.05, 0) is 55.2 Å². The lowest BCUT2D eigenvalue weighted by Crippen LogP contribution is -2.41. The third-order valence-corrected chi connectivity index (χ3v) is 6.84. The molecule has 36 heavy (non-hydrogen) atoms. The van der Waals surface area contributed by atoms with Crippen LogP contribution in [0.5, 0.6) is 0 Å². The molecule has 188 valence electrons. The van der Waals surface area contributed by atoms with Crippen LogP contribution < -0.4 is 21.5 Å². The molecule has 1 aromatic carbocycles. The number of nitrogens with one attached hydrogen (secondary N) is 2. The molecule has 2 saturated heterocycles. The molecule has 0 saturated carbocycles. The molecule has 2 fully saturated rings. The molecule has 0 bridgehead atoms. The molecule has 10 heteroatoms. The number of aromatic nitrogens is 2. The third kappa shape index (κ3) is 4.95. The quantitative estimate of drug-likeness (QED) is 0.479. The van der Waals surface area contributed by atoms with Crippen LogP contribution in [-0.4, -0.2) is 65.6 Å². The van der Waals surface area contributed by atoms with Crippen LogP contribution in [0.25, 0.3) is 10.9 Å². The van der Waals surface area contributed by atoms with Gasteiger partial charge in [0.1, 0.15) is 11.9 Å². The minimum absolute atomic E-state index is 0.167. The van der Waals surface area contributed by atoms with Crippen LogP contribution in [0.15, 0.2) is 41.3 Å². The Morgan fingerprint density at radius 3 is 2.78 bits per heavy atom. The first kappa shape index (κ1) is 24.0. The van der Waals surface area contributed by atoms with Crippen molar-refractivity contribution in [1.29, 1.82) is 0 Å². The highest BCUT2D eigenvalue weighted by molar-refractivity contribution is 6.08. The smallest absolute Gasteiger partial charge is 0.259 e. The molecular weight excluding hydrogens is 460 g/mol. The van der Waals surface area contributed by atoms with Gasteiger partial charge in [-0.1, -0.05) is 0 Å². The Bertz CT molecular complexity index is 1360. The minimum Gasteiger partial charge on any atom is -0.379 e. The van der Waals surface area contributed by atoms with E-state index >= 15 is 0 Å². The number of benzene rings is 1. The van der Waals surface area contributed by atoms with E-state index in [0.717, 1.165) is 36.0 Å². The predicted octanol–water partition coefficient (Wildman–Crippen LogP) is 1.77. The Labute approximate surface area is 208 Å². The van der Waals surface area contributed by atoms with Crippen molar-refractivity contribution in [3.8, 4) is 0 Å². The number of amides is 2. The normalized spacial score (nSPS) is 18.5. The van der Waals surface area contributed by atoms with Crippen LogP contribution in [-0.2, 0) is 16.1 Å². The largest absolute Gasteiger partial charge is 0.379 e. The molecule has 3 aromatic rings. The van der Waals surface area contributed by atoms with Crippen molar-refractivity contribution in [2.75, 3.05) is 43.1 Å². The number of morpholine rings is 1. The molecular formula is C26H30N6O4. The van der Waals surface area contributed by atoms with E-state index in [2.05, 4.69) is 20.2 Å². The van der Waals surface area contributed by atoms with Crippen LogP contribution in [0.1, 0.15) is 34.3 Å². The molecule has 2 aromatic heterocycles. The van der Waals surface area contributed by atoms with Crippen LogP contribution in [0, 0.1) is 6.92 Å². The minimum atomic E-state index is -0.491. The number of anilines is 2. The lowest BCUT2D eigenvalue weighted by molar-refractivity contribution is -0.119. The number of primary amides is 1. The van der Waals surface area contributed by atoms with Gasteiger partial charge in [0.05, 0.1) is 18.8 Å². The van der Waals surface area contributed by atoms with Crippen molar-refractivity contribution in [1.82, 2.24) is 14.9 Å². The first-order valence-electron chi connectivity index (χ1n) is 12.2. The van der Waals surface area contributed by atoms with E-state index in [1.807, 2.05) is 24.0 Å². The molecule has 4 heterocycles. The van der Waals surface area contributed by atoms with Gasteiger partial charge < -0.3 is 25.7 Å². The van der Waals surface area contributed by atoms with Crippen LogP contribution in [0.3, 0.4) is 0 Å². The number of aromatic amines is 1. The van der Waals surface area contributed by atoms with Gasteiger partial charge in [0.25, 0.3) is 5.91 Å². The van der Waals surface area contributed by atoms with Gasteiger partial charge in [-0.15, -0.1) is 0 Å². The summed E-state index contributed by atoms with van der Waals surface area (Å²) in [4.78, 5) is 49.0. The fraction of sp³-hybridized carbons (Fsp3) is 0.385. The molecule has 0 spiro atoms. The Morgan fingerprint density at radius 1 is 1.19 bits per heavy atom. The maximum atomic E-state index is 13.6. The highest BCUT2D eigenvalue weighted by atomic mass is 16.5. The number of carbonyl (C=O) groups is 2. The van der Waals surface area contributed by atoms with Gasteiger partial charge in [0, 0.05) is 55.0 Å². The SMILES string of the molecule is Cc1cc(=O)[nH]c2ccc(NC(=O)c3cc(CN4CCOCC4)cnc3N3CCCC3C(N)=O)cc12. The van der Waals surface area contributed by atoms with Gasteiger partial charge in [-0.25, -0.2) is 4.98 Å². The number of hydrogen-bond donors (Lipinski definition) is 3. The molecule has 2 aliphatic rings. The third-order valence-electron chi connectivity index (χ3n) is 6.84. The lowest BCUT2D eigenvalue weighted by atomic mass is 10.1. The van der Waals surface area contributed by atoms with Crippen molar-refractivity contribution in [3.05, 3.63) is 63.6 Å². The summed E-state index contributed by atoms with van der Waals surface area (Å²) >= 11 is 0. The number of aryl methyl sites for hydroxylation is 1. The summed E-state index contributed by atoms with van der Waals surface area (Å²) in [5, 5.41) is 3.83. The van der Waals surface area contributed by atoms with Crippen LogP contribution >= 0.6 is 0 Å². The summed E-state index contributed by atoms with van der Waals surface area (Å²) in [6, 6.07) is 8.26. The number of ether oxygens (including phenoxy) is 1. The van der Waals surface area contributed by atoms with E-state index in [1.54, 1.807) is 18.3 Å². The first-order valence-corrected chi connectivity index (χ1v) is 12.2. The fourth-order valence-electron chi connectivity index (χ4n) is 5.02. The molecule has 10 nitrogen and oxygen atoms in total. The molecule has 5 rings (SSSR count). The van der Waals surface area contributed by atoms with Gasteiger partial charge in [-0.2, -0.15) is 0 Å². The summed E-state index contributed by atoms with van der Waals surface area (Å²) in [6.45, 7) is 6.11. The summed E-state index contributed by atoms with van der Waals surface area (Å²) in [7, 11) is 0. The monoisotopic (exact) mass is 490 g/mol. The van der Waals surface area contributed by atoms with Crippen molar-refractivity contribution in [2.45, 2.75) is 32.4 Å². The van der Waals surface area contributed by atoms with E-state index in [-0.39, 0.29) is 11.5 Å². The zero-order chi connectivity index (χ0) is 25.2. The molecule has 4 N–H and O–H groups in total. The average molecular weight is 491 g/mol. The highest BCUT2D eigenvalue weighted by Gasteiger charge is 2.33. The maximum Gasteiger partial charge on any atom is 0.259 e. The zero-order valence-corrected chi connectivity index (χ0v) is 20.3. The topological polar surface area (TPSA) is 134 Å². The molecule has 1 atom stereocenters. The van der Waals surface area contributed by atoms with Crippen LogP contribution in [0.2, 0.25) is 0 Å².